The number of hydrogen-bond acceptors (Lipinski definition) is 4. The van der Waals surface area contributed by atoms with Gasteiger partial charge in [-0.05, 0) is 19.1 Å². The summed E-state index contributed by atoms with van der Waals surface area (Å²) in [4.78, 5) is 11.9. The van der Waals surface area contributed by atoms with Crippen molar-refractivity contribution in [3.8, 4) is 5.75 Å². The van der Waals surface area contributed by atoms with Crippen LogP contribution in [0.3, 0.4) is 0 Å². The van der Waals surface area contributed by atoms with E-state index in [1.54, 1.807) is 20.0 Å². The fourth-order valence-electron chi connectivity index (χ4n) is 1.72. The summed E-state index contributed by atoms with van der Waals surface area (Å²) in [5, 5.41) is 6.47. The molecule has 1 heterocycles. The number of benzene rings is 1. The lowest BCUT2D eigenvalue weighted by Gasteiger charge is -2.07. The molecule has 1 amide bonds. The highest BCUT2D eigenvalue weighted by Gasteiger charge is 2.15. The van der Waals surface area contributed by atoms with Crippen molar-refractivity contribution in [2.75, 3.05) is 17.7 Å². The fraction of sp³-hybridized carbons (Fsp3) is 0.231. The third-order valence-electron chi connectivity index (χ3n) is 2.56. The first-order chi connectivity index (χ1) is 9.51. The molecule has 2 rings (SSSR count). The number of nitrogen functional groups attached to an aromatic ring is 1. The van der Waals surface area contributed by atoms with Crippen LogP contribution in [0.5, 0.6) is 5.75 Å². The number of carbonyl (C=O) groups is 1. The molecular weight excluding hydrogens is 263 g/mol. The minimum absolute atomic E-state index is 0.0989. The number of ether oxygens (including phenoxy) is 1. The number of aryl methyl sites for hydroxylation is 1. The zero-order valence-corrected chi connectivity index (χ0v) is 11.2. The molecule has 0 fully saturated rings. The molecule has 0 aliphatic rings. The number of nitrogens with one attached hydrogen (secondary N) is 1. The van der Waals surface area contributed by atoms with Crippen molar-refractivity contribution in [3.05, 3.63) is 35.9 Å². The van der Waals surface area contributed by atoms with Gasteiger partial charge in [-0.1, -0.05) is 0 Å². The number of hydrogen-bond donors (Lipinski definition) is 2. The normalized spacial score (nSPS) is 10.3. The Balaban J connectivity index is 2.16. The molecule has 0 unspecified atom stereocenters. The molecule has 1 aromatic heterocycles. The van der Waals surface area contributed by atoms with Crippen LogP contribution in [0.25, 0.3) is 0 Å². The van der Waals surface area contributed by atoms with Gasteiger partial charge < -0.3 is 15.8 Å². The Morgan fingerprint density at radius 1 is 1.55 bits per heavy atom. The average Bonchev–Trinajstić information content (AvgIpc) is 2.72. The summed E-state index contributed by atoms with van der Waals surface area (Å²) in [5.41, 5.74) is 6.32. The van der Waals surface area contributed by atoms with Crippen LogP contribution in [0.4, 0.5) is 15.8 Å². The standard InChI is InChI=1S/C13H15FN4O2/c1-3-20-11-5-4-8(6-9(11)14)16-13(19)12-10(15)7-18(2)17-12/h4-7H,3,15H2,1-2H3,(H,16,19). The van der Waals surface area contributed by atoms with Gasteiger partial charge in [-0.3, -0.25) is 9.48 Å². The summed E-state index contributed by atoms with van der Waals surface area (Å²) < 4.78 is 20.2. The van der Waals surface area contributed by atoms with Gasteiger partial charge in [-0.25, -0.2) is 4.39 Å². The molecule has 0 radical (unpaired) electrons. The third kappa shape index (κ3) is 2.87. The number of amides is 1. The molecule has 106 valence electrons. The smallest absolute Gasteiger partial charge is 0.278 e. The summed E-state index contributed by atoms with van der Waals surface area (Å²) in [7, 11) is 1.66. The van der Waals surface area contributed by atoms with E-state index in [4.69, 9.17) is 10.5 Å². The maximum atomic E-state index is 13.7. The molecule has 0 saturated carbocycles. The van der Waals surface area contributed by atoms with E-state index in [-0.39, 0.29) is 17.1 Å². The molecule has 0 aliphatic carbocycles. The third-order valence-corrected chi connectivity index (χ3v) is 2.56. The van der Waals surface area contributed by atoms with E-state index in [1.165, 1.54) is 23.0 Å². The first-order valence-electron chi connectivity index (χ1n) is 6.04. The number of nitrogens with zero attached hydrogens (tertiary/aromatic N) is 2. The van der Waals surface area contributed by atoms with Crippen LogP contribution < -0.4 is 15.8 Å². The van der Waals surface area contributed by atoms with Crippen LogP contribution in [0.15, 0.2) is 24.4 Å². The lowest BCUT2D eigenvalue weighted by atomic mass is 10.2. The highest BCUT2D eigenvalue weighted by Crippen LogP contribution is 2.22. The molecule has 0 spiro atoms. The number of carbonyl (C=O) groups excluding carboxylic acids is 1. The number of aromatic nitrogens is 2. The number of nitrogens with two attached hydrogens (primary N) is 1. The van der Waals surface area contributed by atoms with Crippen molar-refractivity contribution in [2.24, 2.45) is 7.05 Å². The van der Waals surface area contributed by atoms with E-state index >= 15 is 0 Å². The Kier molecular flexibility index (Phi) is 3.88. The van der Waals surface area contributed by atoms with Gasteiger partial charge in [0.15, 0.2) is 17.3 Å². The van der Waals surface area contributed by atoms with Crippen molar-refractivity contribution in [1.82, 2.24) is 9.78 Å². The lowest BCUT2D eigenvalue weighted by molar-refractivity contribution is 0.102. The number of rotatable bonds is 4. The first-order valence-corrected chi connectivity index (χ1v) is 6.04. The van der Waals surface area contributed by atoms with E-state index in [9.17, 15) is 9.18 Å². The summed E-state index contributed by atoms with van der Waals surface area (Å²) in [5.74, 6) is -0.895. The minimum atomic E-state index is -0.543. The van der Waals surface area contributed by atoms with Crippen molar-refractivity contribution < 1.29 is 13.9 Å². The Hall–Kier alpha value is -2.57. The highest BCUT2D eigenvalue weighted by molar-refractivity contribution is 6.06. The number of halogens is 1. The summed E-state index contributed by atoms with van der Waals surface area (Å²) in [6, 6.07) is 4.18. The zero-order valence-electron chi connectivity index (χ0n) is 11.2. The lowest BCUT2D eigenvalue weighted by Crippen LogP contribution is -2.14. The molecule has 0 atom stereocenters. The fourth-order valence-corrected chi connectivity index (χ4v) is 1.72. The average molecular weight is 278 g/mol. The first kappa shape index (κ1) is 13.9. The van der Waals surface area contributed by atoms with Gasteiger partial charge in [0.25, 0.3) is 5.91 Å². The van der Waals surface area contributed by atoms with Crippen molar-refractivity contribution in [3.63, 3.8) is 0 Å². The van der Waals surface area contributed by atoms with Crippen molar-refractivity contribution in [1.29, 1.82) is 0 Å². The van der Waals surface area contributed by atoms with Crippen LogP contribution in [0, 0.1) is 5.82 Å². The molecule has 0 bridgehead atoms. The van der Waals surface area contributed by atoms with Crippen LogP contribution in [-0.2, 0) is 7.05 Å². The predicted octanol–water partition coefficient (Wildman–Crippen LogP) is 1.79. The van der Waals surface area contributed by atoms with Gasteiger partial charge in [-0.2, -0.15) is 5.10 Å². The SMILES string of the molecule is CCOc1ccc(NC(=O)c2nn(C)cc2N)cc1F. The maximum absolute atomic E-state index is 13.7. The quantitative estimate of drug-likeness (QED) is 0.893. The van der Waals surface area contributed by atoms with Crippen LogP contribution >= 0.6 is 0 Å². The Bertz CT molecular complexity index is 639. The monoisotopic (exact) mass is 278 g/mol. The number of anilines is 2. The van der Waals surface area contributed by atoms with E-state index < -0.39 is 11.7 Å². The molecule has 1 aromatic carbocycles. The summed E-state index contributed by atoms with van der Waals surface area (Å²) >= 11 is 0. The Morgan fingerprint density at radius 3 is 2.85 bits per heavy atom. The second-order valence-electron chi connectivity index (χ2n) is 4.14. The molecule has 0 aliphatic heterocycles. The molecule has 2 aromatic rings. The van der Waals surface area contributed by atoms with Gasteiger partial charge in [0.1, 0.15) is 0 Å². The largest absolute Gasteiger partial charge is 0.491 e. The van der Waals surface area contributed by atoms with Crippen LogP contribution in [-0.4, -0.2) is 22.3 Å². The van der Waals surface area contributed by atoms with Gasteiger partial charge in [-0.15, -0.1) is 0 Å². The van der Waals surface area contributed by atoms with Gasteiger partial charge >= 0.3 is 0 Å². The van der Waals surface area contributed by atoms with Gasteiger partial charge in [0.2, 0.25) is 0 Å². The minimum Gasteiger partial charge on any atom is -0.491 e. The summed E-state index contributed by atoms with van der Waals surface area (Å²) in [6.07, 6.45) is 1.52. The van der Waals surface area contributed by atoms with Gasteiger partial charge in [0, 0.05) is 25.0 Å². The molecular formula is C13H15FN4O2. The molecule has 6 nitrogen and oxygen atoms in total. The van der Waals surface area contributed by atoms with Crippen LogP contribution in [0.1, 0.15) is 17.4 Å². The molecule has 0 saturated heterocycles. The summed E-state index contributed by atoms with van der Waals surface area (Å²) in [6.45, 7) is 2.13. The van der Waals surface area contributed by atoms with Gasteiger partial charge in [0.05, 0.1) is 12.3 Å². The van der Waals surface area contributed by atoms with E-state index in [0.717, 1.165) is 0 Å². The van der Waals surface area contributed by atoms with E-state index in [0.29, 0.717) is 12.3 Å². The van der Waals surface area contributed by atoms with E-state index in [2.05, 4.69) is 10.4 Å². The van der Waals surface area contributed by atoms with Crippen LogP contribution in [0.2, 0.25) is 0 Å². The van der Waals surface area contributed by atoms with E-state index in [1.807, 2.05) is 0 Å². The second-order valence-corrected chi connectivity index (χ2v) is 4.14. The van der Waals surface area contributed by atoms with Crippen molar-refractivity contribution >= 4 is 17.3 Å². The van der Waals surface area contributed by atoms with Crippen molar-refractivity contribution in [2.45, 2.75) is 6.92 Å². The Morgan fingerprint density at radius 2 is 2.30 bits per heavy atom. The Labute approximate surface area is 115 Å². The molecule has 3 N–H and O–H groups in total. The zero-order chi connectivity index (χ0) is 14.7. The topological polar surface area (TPSA) is 82.2 Å². The second kappa shape index (κ2) is 5.60. The predicted molar refractivity (Wildman–Crippen MR) is 73.1 cm³/mol. The molecule has 7 heteroatoms. The highest BCUT2D eigenvalue weighted by atomic mass is 19.1. The molecule has 20 heavy (non-hydrogen) atoms. The maximum Gasteiger partial charge on any atom is 0.278 e.